The van der Waals surface area contributed by atoms with Gasteiger partial charge in [-0.15, -0.1) is 0 Å². The number of aromatic nitrogens is 3. The summed E-state index contributed by atoms with van der Waals surface area (Å²) in [5.41, 5.74) is 9.77. The molecule has 0 saturated heterocycles. The van der Waals surface area contributed by atoms with Crippen LogP contribution in [-0.4, -0.2) is 26.7 Å². The number of imidazole rings is 1. The first kappa shape index (κ1) is 24.1. The number of nitrogen functional groups attached to an aromatic ring is 1. The first-order valence-corrected chi connectivity index (χ1v) is 12.2. The first-order valence-electron chi connectivity index (χ1n) is 12.2. The van der Waals surface area contributed by atoms with E-state index >= 15 is 4.39 Å². The number of aromatic amines is 1. The maximum absolute atomic E-state index is 15.8. The molecule has 0 amide bonds. The van der Waals surface area contributed by atoms with Gasteiger partial charge in [0.15, 0.2) is 11.6 Å². The number of nitrogens with one attached hydrogen (secondary N) is 2. The molecule has 0 aliphatic rings. The van der Waals surface area contributed by atoms with Crippen molar-refractivity contribution in [2.24, 2.45) is 0 Å². The van der Waals surface area contributed by atoms with E-state index in [2.05, 4.69) is 20.3 Å². The van der Waals surface area contributed by atoms with Crippen molar-refractivity contribution in [3.63, 3.8) is 0 Å². The maximum Gasteiger partial charge on any atom is 0.170 e. The minimum absolute atomic E-state index is 0.178. The Balaban J connectivity index is 1.62. The third kappa shape index (κ3) is 4.91. The molecule has 0 bridgehead atoms. The lowest BCUT2D eigenvalue weighted by Crippen LogP contribution is -2.17. The van der Waals surface area contributed by atoms with Crippen molar-refractivity contribution in [2.45, 2.75) is 26.3 Å². The zero-order valence-corrected chi connectivity index (χ0v) is 20.6. The lowest BCUT2D eigenvalue weighted by molar-refractivity contribution is 0.319. The molecule has 7 nitrogen and oxygen atoms in total. The number of fused-ring (bicyclic) bond motifs is 1. The van der Waals surface area contributed by atoms with Crippen LogP contribution in [0.5, 0.6) is 11.5 Å². The van der Waals surface area contributed by atoms with Crippen molar-refractivity contribution in [1.29, 1.82) is 0 Å². The highest BCUT2D eigenvalue weighted by atomic mass is 19.1. The second-order valence-electron chi connectivity index (χ2n) is 8.72. The zero-order chi connectivity index (χ0) is 25.9. The van der Waals surface area contributed by atoms with Crippen molar-refractivity contribution >= 4 is 22.3 Å². The number of halogens is 1. The number of nitrogens with two attached hydrogens (primary N) is 1. The molecule has 188 valence electrons. The molecule has 0 spiro atoms. The minimum Gasteiger partial charge on any atom is -0.508 e. The monoisotopic (exact) mass is 497 g/mol. The number of aryl methyl sites for hydroxylation is 1. The van der Waals surface area contributed by atoms with Gasteiger partial charge in [0.1, 0.15) is 23.4 Å². The lowest BCUT2D eigenvalue weighted by Gasteiger charge is -2.22. The lowest BCUT2D eigenvalue weighted by atomic mass is 9.99. The first-order chi connectivity index (χ1) is 18.0. The number of hydrogen-bond donors (Lipinski definition) is 4. The van der Waals surface area contributed by atoms with Crippen LogP contribution in [-0.2, 0) is 6.42 Å². The van der Waals surface area contributed by atoms with E-state index in [-0.39, 0.29) is 11.5 Å². The largest absolute Gasteiger partial charge is 0.508 e. The van der Waals surface area contributed by atoms with E-state index in [0.29, 0.717) is 23.8 Å². The molecule has 37 heavy (non-hydrogen) atoms. The van der Waals surface area contributed by atoms with E-state index < -0.39 is 11.9 Å². The van der Waals surface area contributed by atoms with Crippen LogP contribution in [0.4, 0.5) is 15.9 Å². The number of phenolic OH excluding ortho intramolecular Hbond substituents is 1. The number of ether oxygens (including phenoxy) is 1. The van der Waals surface area contributed by atoms with Crippen LogP contribution in [0.3, 0.4) is 0 Å². The van der Waals surface area contributed by atoms with Crippen LogP contribution >= 0.6 is 0 Å². The predicted molar refractivity (Wildman–Crippen MR) is 144 cm³/mol. The molecule has 5 rings (SSSR count). The van der Waals surface area contributed by atoms with E-state index in [4.69, 9.17) is 10.5 Å². The van der Waals surface area contributed by atoms with Crippen molar-refractivity contribution in [3.8, 4) is 22.8 Å². The minimum atomic E-state index is -0.645. The molecule has 5 aromatic rings. The quantitative estimate of drug-likeness (QED) is 0.203. The Morgan fingerprint density at radius 2 is 1.86 bits per heavy atom. The van der Waals surface area contributed by atoms with Gasteiger partial charge in [0.05, 0.1) is 18.5 Å². The molecular weight excluding hydrogens is 469 g/mol. The Bertz CT molecular complexity index is 1550. The highest BCUT2D eigenvalue weighted by Crippen LogP contribution is 2.35. The van der Waals surface area contributed by atoms with Gasteiger partial charge in [-0.05, 0) is 84.5 Å². The van der Waals surface area contributed by atoms with Gasteiger partial charge in [-0.1, -0.05) is 13.0 Å². The number of rotatable bonds is 8. The summed E-state index contributed by atoms with van der Waals surface area (Å²) in [6, 6.07) is 17.4. The predicted octanol–water partition coefficient (Wildman–Crippen LogP) is 6.21. The molecule has 0 saturated carbocycles. The highest BCUT2D eigenvalue weighted by molar-refractivity contribution is 5.92. The summed E-state index contributed by atoms with van der Waals surface area (Å²) in [5.74, 6) is 0.942. The van der Waals surface area contributed by atoms with Gasteiger partial charge < -0.3 is 25.9 Å². The fourth-order valence-corrected chi connectivity index (χ4v) is 4.38. The summed E-state index contributed by atoms with van der Waals surface area (Å²) in [7, 11) is 0. The average molecular weight is 498 g/mol. The molecule has 5 N–H and O–H groups in total. The Hall–Kier alpha value is -4.59. The van der Waals surface area contributed by atoms with E-state index in [1.54, 1.807) is 42.7 Å². The van der Waals surface area contributed by atoms with Crippen molar-refractivity contribution in [2.75, 3.05) is 17.7 Å². The number of phenols is 1. The second-order valence-corrected chi connectivity index (χ2v) is 8.72. The molecule has 0 aliphatic carbocycles. The van der Waals surface area contributed by atoms with E-state index in [9.17, 15) is 5.11 Å². The standard InChI is InChI=1S/C29H28FN5O2/c1-3-17-13-23(26(30)25(14-17)37-4-2)27(29-33-16-24(35-29)18-5-8-21(36)9-6-18)34-20-7-10-22-19(15-20)11-12-32-28(22)31/h5-16,27,34,36H,3-4H2,1-2H3,(H2,31,32)(H,33,35). The summed E-state index contributed by atoms with van der Waals surface area (Å²) in [5, 5.41) is 14.9. The van der Waals surface area contributed by atoms with Gasteiger partial charge in [-0.3, -0.25) is 0 Å². The third-order valence-corrected chi connectivity index (χ3v) is 6.30. The normalized spacial score (nSPS) is 12.0. The molecule has 2 aromatic heterocycles. The molecular formula is C29H28FN5O2. The molecule has 0 fully saturated rings. The van der Waals surface area contributed by atoms with E-state index in [1.807, 2.05) is 44.2 Å². The van der Waals surface area contributed by atoms with E-state index in [1.165, 1.54) is 0 Å². The van der Waals surface area contributed by atoms with Crippen LogP contribution in [0.2, 0.25) is 0 Å². The highest BCUT2D eigenvalue weighted by Gasteiger charge is 2.25. The average Bonchev–Trinajstić information content (AvgIpc) is 3.39. The second kappa shape index (κ2) is 10.2. The van der Waals surface area contributed by atoms with Crippen LogP contribution in [0.1, 0.15) is 36.8 Å². The van der Waals surface area contributed by atoms with Gasteiger partial charge in [0.25, 0.3) is 0 Å². The molecule has 3 aromatic carbocycles. The maximum atomic E-state index is 15.8. The Morgan fingerprint density at radius 3 is 2.62 bits per heavy atom. The number of nitrogens with zero attached hydrogens (tertiary/aromatic N) is 2. The number of pyridine rings is 1. The van der Waals surface area contributed by atoms with Crippen LogP contribution < -0.4 is 15.8 Å². The van der Waals surface area contributed by atoms with Crippen molar-refractivity contribution < 1.29 is 14.2 Å². The Labute approximate surface area is 214 Å². The van der Waals surface area contributed by atoms with Crippen LogP contribution in [0.15, 0.2) is 73.1 Å². The number of H-pyrrole nitrogens is 1. The van der Waals surface area contributed by atoms with E-state index in [0.717, 1.165) is 39.7 Å². The van der Waals surface area contributed by atoms with Crippen molar-refractivity contribution in [3.05, 3.63) is 95.8 Å². The molecule has 1 atom stereocenters. The Morgan fingerprint density at radius 1 is 1.05 bits per heavy atom. The van der Waals surface area contributed by atoms with Gasteiger partial charge in [-0.25, -0.2) is 14.4 Å². The van der Waals surface area contributed by atoms with Gasteiger partial charge in [0, 0.05) is 22.8 Å². The SMILES string of the molecule is CCOc1cc(CC)cc(C(Nc2ccc3c(N)nccc3c2)c2ncc(-c3ccc(O)cc3)[nH]2)c1F. The molecule has 2 heterocycles. The van der Waals surface area contributed by atoms with Crippen molar-refractivity contribution in [1.82, 2.24) is 15.0 Å². The topological polar surface area (TPSA) is 109 Å². The number of aromatic hydroxyl groups is 1. The fourth-order valence-electron chi connectivity index (χ4n) is 4.38. The van der Waals surface area contributed by atoms with Crippen LogP contribution in [0, 0.1) is 5.82 Å². The number of hydrogen-bond acceptors (Lipinski definition) is 6. The summed E-state index contributed by atoms with van der Waals surface area (Å²) < 4.78 is 21.5. The van der Waals surface area contributed by atoms with Gasteiger partial charge >= 0.3 is 0 Å². The van der Waals surface area contributed by atoms with Gasteiger partial charge in [-0.2, -0.15) is 0 Å². The third-order valence-electron chi connectivity index (χ3n) is 6.30. The molecule has 8 heteroatoms. The van der Waals surface area contributed by atoms with Crippen LogP contribution in [0.25, 0.3) is 22.0 Å². The number of anilines is 2. The molecule has 0 radical (unpaired) electrons. The summed E-state index contributed by atoms with van der Waals surface area (Å²) in [4.78, 5) is 12.1. The van der Waals surface area contributed by atoms with Gasteiger partial charge in [0.2, 0.25) is 0 Å². The Kier molecular flexibility index (Phi) is 6.64. The summed E-state index contributed by atoms with van der Waals surface area (Å²) in [6.07, 6.45) is 4.08. The summed E-state index contributed by atoms with van der Waals surface area (Å²) in [6.45, 7) is 4.21. The number of benzene rings is 3. The zero-order valence-electron chi connectivity index (χ0n) is 20.6. The smallest absolute Gasteiger partial charge is 0.170 e. The molecule has 1 unspecified atom stereocenters. The molecule has 0 aliphatic heterocycles. The fraction of sp³-hybridized carbons (Fsp3) is 0.172. The summed E-state index contributed by atoms with van der Waals surface area (Å²) >= 11 is 0.